The maximum Gasteiger partial charge on any atom is 0.317 e. The molecule has 20 heavy (non-hydrogen) atoms. The quantitative estimate of drug-likeness (QED) is 0.183. The van der Waals surface area contributed by atoms with E-state index in [0.717, 1.165) is 0 Å². The molecule has 0 aromatic heterocycles. The molecule has 0 aliphatic carbocycles. The first-order valence-electron chi connectivity index (χ1n) is 5.54. The Morgan fingerprint density at radius 2 is 0.750 bits per heavy atom. The molecule has 0 heterocycles. The molecule has 12 heteroatoms. The predicted molar refractivity (Wildman–Crippen MR) is 66.8 cm³/mol. The van der Waals surface area contributed by atoms with Gasteiger partial charge in [-0.2, -0.15) is 0 Å². The van der Waals surface area contributed by atoms with Crippen LogP contribution in [-0.4, -0.2) is 70.4 Å². The van der Waals surface area contributed by atoms with Crippen molar-refractivity contribution in [3.63, 3.8) is 0 Å². The summed E-state index contributed by atoms with van der Waals surface area (Å²) in [5.41, 5.74) is 18.1. The third-order valence-electron chi connectivity index (χ3n) is 0.647. The monoisotopic (exact) mass is 304 g/mol. The van der Waals surface area contributed by atoms with Gasteiger partial charge in [0, 0.05) is 0 Å². The Bertz CT molecular complexity index is 314. The third kappa shape index (κ3) is 104. The first-order valence-corrected chi connectivity index (χ1v) is 4.54. The summed E-state index contributed by atoms with van der Waals surface area (Å²) in [6, 6.07) is 0. The highest BCUT2D eigenvalue weighted by Gasteiger charge is 1.82. The van der Waals surface area contributed by atoms with Crippen LogP contribution in [0.15, 0.2) is 0 Å². The summed E-state index contributed by atoms with van der Waals surface area (Å²) in [7, 11) is 0. The molecule has 0 saturated heterocycles. The maximum atomic E-state index is 9.52. The molecule has 0 aromatic carbocycles. The fourth-order valence-electron chi connectivity index (χ4n) is 0. The van der Waals surface area contributed by atoms with Crippen LogP contribution >= 0.6 is 0 Å². The van der Waals surface area contributed by atoms with Crippen molar-refractivity contribution in [3.8, 4) is 0 Å². The van der Waals surface area contributed by atoms with E-state index in [9.17, 15) is 19.2 Å². The van der Waals surface area contributed by atoms with E-state index in [1.807, 2.05) is 0 Å². The highest BCUT2D eigenvalue weighted by atomic mass is 16.4. The highest BCUT2D eigenvalue weighted by Crippen LogP contribution is 1.45. The minimum atomic E-state index is -2.58. The second kappa shape index (κ2) is 21.9. The Morgan fingerprint density at radius 1 is 0.650 bits per heavy atom. The van der Waals surface area contributed by atoms with Crippen molar-refractivity contribution in [2.45, 2.75) is 0 Å². The molecule has 12 nitrogen and oxygen atoms in total. The third-order valence-corrected chi connectivity index (χ3v) is 0.647. The summed E-state index contributed by atoms with van der Waals surface area (Å²) in [6.45, 7) is -3.42. The molecule has 0 spiro atoms. The Morgan fingerprint density at radius 3 is 0.750 bits per heavy atom. The van der Waals surface area contributed by atoms with E-state index in [-0.39, 0.29) is 19.6 Å². The van der Waals surface area contributed by atoms with Crippen LogP contribution in [-0.2, 0) is 19.2 Å². The number of rotatable bonds is 4. The molecule has 0 radical (unpaired) electrons. The average Bonchev–Trinajstić information content (AvgIpc) is 2.39. The molecule has 0 aliphatic rings. The van der Waals surface area contributed by atoms with Crippen LogP contribution in [0.1, 0.15) is 2.74 Å². The molecular weight excluding hydrogens is 282 g/mol. The van der Waals surface area contributed by atoms with Gasteiger partial charge in [-0.05, 0) is 0 Å². The van der Waals surface area contributed by atoms with Crippen molar-refractivity contribution >= 4 is 23.9 Å². The molecule has 0 rings (SSSR count). The molecule has 0 aromatic rings. The summed E-state index contributed by atoms with van der Waals surface area (Å²) in [4.78, 5) is 37.2. The summed E-state index contributed by atoms with van der Waals surface area (Å²) >= 11 is 0. The van der Waals surface area contributed by atoms with Gasteiger partial charge in [0.25, 0.3) is 0 Å². The summed E-state index contributed by atoms with van der Waals surface area (Å²) in [6.07, 6.45) is 0. The van der Waals surface area contributed by atoms with E-state index in [1.165, 1.54) is 0 Å². The number of carboxylic acids is 4. The van der Waals surface area contributed by atoms with Crippen LogP contribution in [0.3, 0.4) is 0 Å². The lowest BCUT2D eigenvalue weighted by Gasteiger charge is -1.73. The summed E-state index contributed by atoms with van der Waals surface area (Å²) in [5, 5.41) is 30.5. The Balaban J connectivity index is -0.0000000995. The van der Waals surface area contributed by atoms with Crippen molar-refractivity contribution < 1.29 is 42.3 Å². The molecule has 120 valence electrons. The molecule has 0 amide bonds. The molecule has 0 unspecified atom stereocenters. The van der Waals surface area contributed by atoms with Gasteiger partial charge in [0.2, 0.25) is 0 Å². The maximum absolute atomic E-state index is 9.52. The fraction of sp³-hybridized carbons (Fsp3) is 0.500. The second-order valence-corrected chi connectivity index (χ2v) is 2.24. The van der Waals surface area contributed by atoms with E-state index in [1.54, 1.807) is 0 Å². The van der Waals surface area contributed by atoms with Gasteiger partial charge in [0.1, 0.15) is 0 Å². The smallest absolute Gasteiger partial charge is 0.317 e. The topological polar surface area (TPSA) is 253 Å². The number of hydrogen-bond acceptors (Lipinski definition) is 8. The van der Waals surface area contributed by atoms with Crippen molar-refractivity contribution in [2.24, 2.45) is 22.9 Å². The van der Waals surface area contributed by atoms with E-state index in [4.69, 9.17) is 23.2 Å². The van der Waals surface area contributed by atoms with Gasteiger partial charge in [0.05, 0.1) is 28.9 Å². The molecule has 0 fully saturated rings. The highest BCUT2D eigenvalue weighted by molar-refractivity contribution is 5.69. The van der Waals surface area contributed by atoms with Crippen LogP contribution in [0.2, 0.25) is 0 Å². The van der Waals surface area contributed by atoms with Crippen LogP contribution in [0.4, 0.5) is 0 Å². The number of carbonyl (C=O) groups is 4. The fourth-order valence-corrected chi connectivity index (χ4v) is 0. The van der Waals surface area contributed by atoms with Crippen LogP contribution in [0, 0.1) is 0 Å². The number of carboxylic acid groups (broad SMARTS) is 4. The Labute approximate surface area is 116 Å². The lowest BCUT2D eigenvalue weighted by molar-refractivity contribution is -0.136. The van der Waals surface area contributed by atoms with Gasteiger partial charge in [0.15, 0.2) is 0 Å². The van der Waals surface area contributed by atoms with Crippen molar-refractivity contribution in [1.29, 1.82) is 0 Å². The van der Waals surface area contributed by atoms with E-state index >= 15 is 0 Å². The van der Waals surface area contributed by atoms with Gasteiger partial charge in [-0.1, -0.05) is 0 Å². The van der Waals surface area contributed by atoms with Gasteiger partial charge in [-0.3, -0.25) is 19.2 Å². The van der Waals surface area contributed by atoms with Crippen LogP contribution in [0.25, 0.3) is 0 Å². The minimum Gasteiger partial charge on any atom is -0.480 e. The molecule has 0 bridgehead atoms. The Kier molecular flexibility index (Phi) is 22.0. The molecule has 12 N–H and O–H groups in total. The zero-order valence-corrected chi connectivity index (χ0v) is 10.4. The van der Waals surface area contributed by atoms with E-state index in [0.29, 0.717) is 0 Å². The number of aliphatic carboxylic acids is 4. The predicted octanol–water partition coefficient (Wildman–Crippen LogP) is -3.88. The van der Waals surface area contributed by atoms with Gasteiger partial charge in [-0.15, -0.1) is 0 Å². The molecule has 0 aliphatic heterocycles. The largest absolute Gasteiger partial charge is 0.480 e. The van der Waals surface area contributed by atoms with Gasteiger partial charge < -0.3 is 43.4 Å². The standard InChI is InChI=1S/4C2H5NO2/c4*3-1-2(4)5/h4*1,3H2,(H,4,5)/i1+1,2+0;3+1;2+0;1D2. The average molecular weight is 304 g/mol. The zero-order valence-electron chi connectivity index (χ0n) is 12.4. The molecule has 0 atom stereocenters. The van der Waals surface area contributed by atoms with E-state index < -0.39 is 30.4 Å². The Hall–Kier alpha value is -2.28. The second-order valence-electron chi connectivity index (χ2n) is 2.24. The first kappa shape index (κ1) is 20.0. The molecule has 0 saturated carbocycles. The van der Waals surface area contributed by atoms with E-state index in [2.05, 4.69) is 22.9 Å². The van der Waals surface area contributed by atoms with Crippen LogP contribution in [0.5, 0.6) is 0 Å². The molecular formula is C8H20N4O8. The normalized spacial score (nSPS) is 9.60. The first-order chi connectivity index (χ1) is 9.75. The minimum absolute atomic E-state index is 0.278. The SMILES string of the molecule is NC[12C](=O)O.N[13CH2][12C](=O)O.[15NH2]CC(=O)O.[2H]C([2H])(N)C(=O)O. The summed E-state index contributed by atoms with van der Waals surface area (Å²) in [5.74, 6) is -4.55. The number of nitrogens with two attached hydrogens (primary N) is 4. The zero-order chi connectivity index (χ0) is 18.9. The van der Waals surface area contributed by atoms with Gasteiger partial charge in [-0.25, -0.2) is 0 Å². The lowest BCUT2D eigenvalue weighted by atomic mass is 10.7. The van der Waals surface area contributed by atoms with Crippen molar-refractivity contribution in [3.05, 3.63) is 0 Å². The summed E-state index contributed by atoms with van der Waals surface area (Å²) < 4.78 is 12.5. The number of hydrogen-bond donors (Lipinski definition) is 8. The van der Waals surface area contributed by atoms with Crippen molar-refractivity contribution in [2.75, 3.05) is 26.1 Å². The van der Waals surface area contributed by atoms with Crippen molar-refractivity contribution in [1.82, 2.24) is 0 Å². The van der Waals surface area contributed by atoms with Crippen LogP contribution < -0.4 is 22.9 Å². The lowest BCUT2D eigenvalue weighted by Crippen LogP contribution is -2.10. The van der Waals surface area contributed by atoms with Gasteiger partial charge >= 0.3 is 23.9 Å².